The van der Waals surface area contributed by atoms with E-state index in [0.29, 0.717) is 21.8 Å². The second kappa shape index (κ2) is 8.49. The van der Waals surface area contributed by atoms with Crippen molar-refractivity contribution in [3.8, 4) is 0 Å². The van der Waals surface area contributed by atoms with Gasteiger partial charge in [-0.2, -0.15) is 8.78 Å². The van der Waals surface area contributed by atoms with Gasteiger partial charge in [-0.05, 0) is 48.6 Å². The maximum atomic E-state index is 12.3. The van der Waals surface area contributed by atoms with Gasteiger partial charge in [0.2, 0.25) is 0 Å². The van der Waals surface area contributed by atoms with Crippen molar-refractivity contribution in [1.82, 2.24) is 4.90 Å². The van der Waals surface area contributed by atoms with Crippen molar-refractivity contribution in [3.05, 3.63) is 54.6 Å². The largest absolute Gasteiger partial charge is 0.368 e. The molecule has 7 heteroatoms. The van der Waals surface area contributed by atoms with Crippen LogP contribution in [0.2, 0.25) is 0 Å². The Morgan fingerprint density at radius 3 is 2.20 bits per heavy atom. The van der Waals surface area contributed by atoms with Gasteiger partial charge in [0, 0.05) is 42.4 Å². The molecule has 1 heterocycles. The van der Waals surface area contributed by atoms with Crippen molar-refractivity contribution in [2.24, 2.45) is 0 Å². The summed E-state index contributed by atoms with van der Waals surface area (Å²) >= 11 is 6.03. The minimum Gasteiger partial charge on any atom is -0.368 e. The Hall–Kier alpha value is -1.86. The average molecular weight is 380 g/mol. The lowest BCUT2D eigenvalue weighted by Gasteiger charge is -2.37. The lowest BCUT2D eigenvalue weighted by molar-refractivity contribution is 0.252. The van der Waals surface area contributed by atoms with Crippen molar-refractivity contribution in [3.63, 3.8) is 0 Å². The third kappa shape index (κ3) is 5.06. The third-order valence-corrected chi connectivity index (χ3v) is 5.10. The molecule has 0 aromatic heterocycles. The number of anilines is 2. The molecule has 3 nitrogen and oxygen atoms in total. The number of rotatable bonds is 4. The molecule has 2 aromatic carbocycles. The Balaban J connectivity index is 1.51. The van der Waals surface area contributed by atoms with E-state index in [2.05, 4.69) is 27.2 Å². The Kier molecular flexibility index (Phi) is 6.09. The second-order valence-corrected chi connectivity index (χ2v) is 7.09. The number of alkyl halides is 2. The topological polar surface area (TPSA) is 18.5 Å². The Morgan fingerprint density at radius 2 is 1.60 bits per heavy atom. The predicted octanol–water partition coefficient (Wildman–Crippen LogP) is 4.52. The van der Waals surface area contributed by atoms with E-state index >= 15 is 0 Å². The summed E-state index contributed by atoms with van der Waals surface area (Å²) in [6.45, 7) is 3.52. The summed E-state index contributed by atoms with van der Waals surface area (Å²) in [4.78, 5) is 5.02. The summed E-state index contributed by atoms with van der Waals surface area (Å²) in [7, 11) is 0. The number of hydrogen-bond acceptors (Lipinski definition) is 3. The van der Waals surface area contributed by atoms with Crippen LogP contribution < -0.4 is 10.2 Å². The van der Waals surface area contributed by atoms with Gasteiger partial charge in [0.05, 0.1) is 0 Å². The highest BCUT2D eigenvalue weighted by Gasteiger charge is 2.19. The molecule has 0 unspecified atom stereocenters. The SMILES string of the molecule is FC(F)Sc1ccc(NC(=S)N2CCN(c3ccccc3)CC2)cc1. The summed E-state index contributed by atoms with van der Waals surface area (Å²) < 4.78 is 24.7. The first-order chi connectivity index (χ1) is 12.1. The molecular formula is C18H19F2N3S2. The van der Waals surface area contributed by atoms with E-state index in [9.17, 15) is 8.78 Å². The molecule has 0 radical (unpaired) electrons. The fourth-order valence-corrected chi connectivity index (χ4v) is 3.53. The number of benzene rings is 2. The highest BCUT2D eigenvalue weighted by molar-refractivity contribution is 7.99. The zero-order valence-electron chi connectivity index (χ0n) is 13.6. The molecule has 132 valence electrons. The van der Waals surface area contributed by atoms with E-state index in [1.54, 1.807) is 24.3 Å². The normalized spacial score (nSPS) is 14.7. The van der Waals surface area contributed by atoms with Crippen LogP contribution in [-0.4, -0.2) is 41.9 Å². The van der Waals surface area contributed by atoms with E-state index < -0.39 is 5.76 Å². The van der Waals surface area contributed by atoms with Gasteiger partial charge in [-0.3, -0.25) is 0 Å². The van der Waals surface area contributed by atoms with E-state index in [4.69, 9.17) is 12.2 Å². The van der Waals surface area contributed by atoms with Gasteiger partial charge in [-0.15, -0.1) is 0 Å². The van der Waals surface area contributed by atoms with Crippen molar-refractivity contribution in [2.75, 3.05) is 36.4 Å². The van der Waals surface area contributed by atoms with Crippen LogP contribution in [0.1, 0.15) is 0 Å². The van der Waals surface area contributed by atoms with E-state index in [-0.39, 0.29) is 0 Å². The molecule has 0 amide bonds. The number of halogens is 2. The summed E-state index contributed by atoms with van der Waals surface area (Å²) in [6.07, 6.45) is 0. The summed E-state index contributed by atoms with van der Waals surface area (Å²) in [5.74, 6) is -2.40. The van der Waals surface area contributed by atoms with Gasteiger partial charge in [-0.1, -0.05) is 30.0 Å². The average Bonchev–Trinajstić information content (AvgIpc) is 2.64. The molecule has 0 saturated carbocycles. The number of thioether (sulfide) groups is 1. The molecule has 0 atom stereocenters. The number of piperazine rings is 1. The van der Waals surface area contributed by atoms with Gasteiger partial charge in [0.25, 0.3) is 5.76 Å². The zero-order chi connectivity index (χ0) is 17.6. The highest BCUT2D eigenvalue weighted by Crippen LogP contribution is 2.26. The first kappa shape index (κ1) is 17.9. The fourth-order valence-electron chi connectivity index (χ4n) is 2.73. The first-order valence-corrected chi connectivity index (χ1v) is 9.31. The molecule has 0 bridgehead atoms. The Bertz CT molecular complexity index is 687. The quantitative estimate of drug-likeness (QED) is 0.620. The maximum Gasteiger partial charge on any atom is 0.288 e. The van der Waals surface area contributed by atoms with E-state index in [1.807, 2.05) is 18.2 Å². The smallest absolute Gasteiger partial charge is 0.288 e. The molecular weight excluding hydrogens is 360 g/mol. The summed E-state index contributed by atoms with van der Waals surface area (Å²) in [6, 6.07) is 17.2. The monoisotopic (exact) mass is 379 g/mol. The number of hydrogen-bond donors (Lipinski definition) is 1. The van der Waals surface area contributed by atoms with Crippen LogP contribution in [-0.2, 0) is 0 Å². The third-order valence-electron chi connectivity index (χ3n) is 4.02. The number of nitrogens with one attached hydrogen (secondary N) is 1. The fraction of sp³-hybridized carbons (Fsp3) is 0.278. The molecule has 0 aliphatic carbocycles. The molecule has 2 aromatic rings. The molecule has 1 fully saturated rings. The van der Waals surface area contributed by atoms with Gasteiger partial charge in [0.1, 0.15) is 0 Å². The molecule has 3 rings (SSSR count). The first-order valence-electron chi connectivity index (χ1n) is 8.02. The van der Waals surface area contributed by atoms with Crippen LogP contribution in [0, 0.1) is 0 Å². The molecule has 1 aliphatic heterocycles. The minimum atomic E-state index is -2.40. The molecule has 1 saturated heterocycles. The maximum absolute atomic E-state index is 12.3. The van der Waals surface area contributed by atoms with Gasteiger partial charge in [-0.25, -0.2) is 0 Å². The Labute approximate surface area is 156 Å². The van der Waals surface area contributed by atoms with Gasteiger partial charge >= 0.3 is 0 Å². The van der Waals surface area contributed by atoms with Crippen LogP contribution in [0.3, 0.4) is 0 Å². The van der Waals surface area contributed by atoms with E-state index in [0.717, 1.165) is 31.9 Å². The number of para-hydroxylation sites is 1. The number of nitrogens with zero attached hydrogens (tertiary/aromatic N) is 2. The molecule has 25 heavy (non-hydrogen) atoms. The van der Waals surface area contributed by atoms with Crippen molar-refractivity contribution < 1.29 is 8.78 Å². The van der Waals surface area contributed by atoms with Crippen LogP contribution in [0.15, 0.2) is 59.5 Å². The van der Waals surface area contributed by atoms with E-state index in [1.165, 1.54) is 5.69 Å². The number of thiocarbonyl (C=S) groups is 1. The summed E-state index contributed by atoms with van der Waals surface area (Å²) in [5.41, 5.74) is 2.04. The molecule has 1 aliphatic rings. The molecule has 0 spiro atoms. The summed E-state index contributed by atoms with van der Waals surface area (Å²) in [5, 5.41) is 3.86. The lowest BCUT2D eigenvalue weighted by Crippen LogP contribution is -2.50. The van der Waals surface area contributed by atoms with Crippen molar-refractivity contribution in [2.45, 2.75) is 10.7 Å². The van der Waals surface area contributed by atoms with Crippen molar-refractivity contribution in [1.29, 1.82) is 0 Å². The van der Waals surface area contributed by atoms with Crippen molar-refractivity contribution >= 4 is 40.5 Å². The van der Waals surface area contributed by atoms with Gasteiger partial charge in [0.15, 0.2) is 5.11 Å². The minimum absolute atomic E-state index is 0.542. The van der Waals surface area contributed by atoms with Crippen LogP contribution in [0.4, 0.5) is 20.2 Å². The van der Waals surface area contributed by atoms with Gasteiger partial charge < -0.3 is 15.1 Å². The zero-order valence-corrected chi connectivity index (χ0v) is 15.2. The standard InChI is InChI=1S/C18H19F2N3S2/c19-17(20)25-16-8-6-14(7-9-16)21-18(24)23-12-10-22(11-13-23)15-4-2-1-3-5-15/h1-9,17H,10-13H2,(H,21,24). The predicted molar refractivity (Wildman–Crippen MR) is 105 cm³/mol. The van der Waals surface area contributed by atoms with Crippen LogP contribution >= 0.6 is 24.0 Å². The highest BCUT2D eigenvalue weighted by atomic mass is 32.2. The van der Waals surface area contributed by atoms with Crippen LogP contribution in [0.5, 0.6) is 0 Å². The second-order valence-electron chi connectivity index (χ2n) is 5.64. The van der Waals surface area contributed by atoms with Crippen LogP contribution in [0.25, 0.3) is 0 Å². The molecule has 1 N–H and O–H groups in total. The Morgan fingerprint density at radius 1 is 0.960 bits per heavy atom. The lowest BCUT2D eigenvalue weighted by atomic mass is 10.2.